The van der Waals surface area contributed by atoms with Crippen LogP contribution in [0, 0.1) is 11.3 Å². The molecule has 0 atom stereocenters. The molecule has 4 heterocycles. The van der Waals surface area contributed by atoms with Crippen LogP contribution < -0.4 is 15.1 Å². The van der Waals surface area contributed by atoms with E-state index in [0.29, 0.717) is 69.3 Å². The highest BCUT2D eigenvalue weighted by molar-refractivity contribution is 5.95. The van der Waals surface area contributed by atoms with Crippen molar-refractivity contribution in [3.05, 3.63) is 77.1 Å². The molecule has 1 amide bonds. The van der Waals surface area contributed by atoms with Crippen LogP contribution >= 0.6 is 0 Å². The number of halogens is 6. The van der Waals surface area contributed by atoms with E-state index in [-0.39, 0.29) is 23.2 Å². The second-order valence-corrected chi connectivity index (χ2v) is 10.4. The summed E-state index contributed by atoms with van der Waals surface area (Å²) in [7, 11) is 0. The topological polar surface area (TPSA) is 88.4 Å². The van der Waals surface area contributed by atoms with Crippen LogP contribution in [-0.4, -0.2) is 66.1 Å². The highest BCUT2D eigenvalue weighted by atomic mass is 19.4. The fraction of sp³-hybridized carbons (Fsp3) is 0.379. The molecule has 14 heteroatoms. The van der Waals surface area contributed by atoms with Crippen LogP contribution in [0.4, 0.5) is 43.7 Å². The van der Waals surface area contributed by atoms with Gasteiger partial charge in [-0.15, -0.1) is 0 Å². The molecule has 0 saturated carbocycles. The van der Waals surface area contributed by atoms with Gasteiger partial charge in [-0.1, -0.05) is 0 Å². The quantitative estimate of drug-likeness (QED) is 0.389. The highest BCUT2D eigenvalue weighted by Gasteiger charge is 2.35. The van der Waals surface area contributed by atoms with E-state index in [2.05, 4.69) is 15.3 Å². The lowest BCUT2D eigenvalue weighted by atomic mass is 10.0. The Morgan fingerprint density at radius 3 is 2.09 bits per heavy atom. The van der Waals surface area contributed by atoms with E-state index >= 15 is 0 Å². The number of carbonyl (C=O) groups is 1. The number of nitriles is 1. The van der Waals surface area contributed by atoms with Gasteiger partial charge in [-0.2, -0.15) is 31.6 Å². The van der Waals surface area contributed by atoms with E-state index < -0.39 is 23.5 Å². The van der Waals surface area contributed by atoms with Crippen molar-refractivity contribution in [1.82, 2.24) is 14.9 Å². The van der Waals surface area contributed by atoms with E-state index in [1.165, 1.54) is 18.2 Å². The van der Waals surface area contributed by atoms with Crippen molar-refractivity contribution >= 4 is 23.2 Å². The lowest BCUT2D eigenvalue weighted by molar-refractivity contribution is -0.138. The molecule has 43 heavy (non-hydrogen) atoms. The summed E-state index contributed by atoms with van der Waals surface area (Å²) in [6.07, 6.45) is -5.80. The van der Waals surface area contributed by atoms with Crippen molar-refractivity contribution in [3.8, 4) is 6.07 Å². The summed E-state index contributed by atoms with van der Waals surface area (Å²) in [5, 5.41) is 11.9. The average molecular weight is 604 g/mol. The third kappa shape index (κ3) is 6.93. The van der Waals surface area contributed by atoms with Gasteiger partial charge in [-0.05, 0) is 55.3 Å². The smallest absolute Gasteiger partial charge is 0.382 e. The Morgan fingerprint density at radius 1 is 0.837 bits per heavy atom. The Bertz CT molecular complexity index is 1490. The van der Waals surface area contributed by atoms with Gasteiger partial charge in [0.1, 0.15) is 11.6 Å². The zero-order valence-corrected chi connectivity index (χ0v) is 22.8. The number of piperazine rings is 1. The first-order valence-corrected chi connectivity index (χ1v) is 13.6. The normalized spacial score (nSPS) is 16.6. The molecule has 226 valence electrons. The summed E-state index contributed by atoms with van der Waals surface area (Å²) in [4.78, 5) is 27.2. The molecule has 2 saturated heterocycles. The fourth-order valence-corrected chi connectivity index (χ4v) is 5.23. The lowest BCUT2D eigenvalue weighted by Gasteiger charge is -2.36. The van der Waals surface area contributed by atoms with Crippen molar-refractivity contribution in [3.63, 3.8) is 0 Å². The molecule has 2 fully saturated rings. The molecule has 3 aromatic rings. The number of benzene rings is 1. The first-order valence-electron chi connectivity index (χ1n) is 13.6. The number of aromatic nitrogens is 2. The number of nitrogens with zero attached hydrogens (tertiary/aromatic N) is 6. The van der Waals surface area contributed by atoms with E-state index in [0.717, 1.165) is 18.3 Å². The first kappa shape index (κ1) is 29.9. The molecule has 2 aromatic heterocycles. The number of nitrogens with one attached hydrogen (secondary N) is 1. The monoisotopic (exact) mass is 603 g/mol. The maximum absolute atomic E-state index is 13.5. The van der Waals surface area contributed by atoms with E-state index in [9.17, 15) is 31.1 Å². The van der Waals surface area contributed by atoms with Gasteiger partial charge in [-0.25, -0.2) is 9.97 Å². The lowest BCUT2D eigenvalue weighted by Crippen LogP contribution is -2.47. The third-order valence-corrected chi connectivity index (χ3v) is 7.59. The van der Waals surface area contributed by atoms with E-state index in [1.54, 1.807) is 29.3 Å². The maximum atomic E-state index is 13.5. The number of anilines is 3. The number of pyridine rings is 2. The summed E-state index contributed by atoms with van der Waals surface area (Å²) in [6.45, 7) is 2.77. The molecule has 2 aliphatic heterocycles. The summed E-state index contributed by atoms with van der Waals surface area (Å²) in [6, 6.07) is 10.6. The van der Waals surface area contributed by atoms with Crippen molar-refractivity contribution < 1.29 is 31.1 Å². The molecule has 0 radical (unpaired) electrons. The van der Waals surface area contributed by atoms with Gasteiger partial charge in [0.2, 0.25) is 0 Å². The Morgan fingerprint density at radius 2 is 1.51 bits per heavy atom. The molecule has 0 spiro atoms. The minimum atomic E-state index is -4.61. The number of amides is 1. The SMILES string of the molecule is N#Cc1ccc(NC2CCN(C(=O)c3ccnc(N4CCN(c5ccc(C(F)(F)F)cn5)CC4)c3)CC2)c(C(F)(F)F)c1. The molecule has 2 aliphatic rings. The molecule has 0 unspecified atom stereocenters. The number of piperidine rings is 1. The van der Waals surface area contributed by atoms with Crippen LogP contribution in [0.15, 0.2) is 54.9 Å². The zero-order valence-electron chi connectivity index (χ0n) is 22.8. The standard InChI is InChI=1S/C29H27F6N7O/c30-28(31,32)21-2-4-25(38-18-21)40-11-13-41(14-12-40)26-16-20(5-8-37-26)27(43)42-9-6-22(7-10-42)39-24-3-1-19(17-36)15-23(24)29(33,34)35/h1-5,8,15-16,18,22,39H,6-7,9-14H2. The summed E-state index contributed by atoms with van der Waals surface area (Å²) < 4.78 is 79.1. The van der Waals surface area contributed by atoms with Crippen molar-refractivity contribution in [2.24, 2.45) is 0 Å². The van der Waals surface area contributed by atoms with Gasteiger partial charge >= 0.3 is 12.4 Å². The largest absolute Gasteiger partial charge is 0.418 e. The van der Waals surface area contributed by atoms with Gasteiger partial charge < -0.3 is 20.0 Å². The van der Waals surface area contributed by atoms with Gasteiger partial charge in [-0.3, -0.25) is 4.79 Å². The van der Waals surface area contributed by atoms with Crippen LogP contribution in [-0.2, 0) is 12.4 Å². The van der Waals surface area contributed by atoms with Crippen LogP contribution in [0.3, 0.4) is 0 Å². The van der Waals surface area contributed by atoms with Crippen LogP contribution in [0.1, 0.15) is 39.9 Å². The molecular formula is C29H27F6N7O. The van der Waals surface area contributed by atoms with Gasteiger partial charge in [0, 0.05) is 69.0 Å². The summed E-state index contributed by atoms with van der Waals surface area (Å²) in [5.41, 5.74) is -1.43. The van der Waals surface area contributed by atoms with E-state index in [1.807, 2.05) is 9.80 Å². The van der Waals surface area contributed by atoms with Crippen molar-refractivity contribution in [1.29, 1.82) is 5.26 Å². The Balaban J connectivity index is 1.16. The molecule has 0 bridgehead atoms. The predicted octanol–water partition coefficient (Wildman–Crippen LogP) is 5.43. The Labute approximate surface area is 243 Å². The number of likely N-dealkylation sites (tertiary alicyclic amines) is 1. The molecule has 1 aromatic carbocycles. The summed E-state index contributed by atoms with van der Waals surface area (Å²) in [5.74, 6) is 0.850. The number of carbonyl (C=O) groups excluding carboxylic acids is 1. The minimum absolute atomic E-state index is 0.0759. The Hall–Kier alpha value is -4.54. The first-order chi connectivity index (χ1) is 20.4. The van der Waals surface area contributed by atoms with Crippen LogP contribution in [0.2, 0.25) is 0 Å². The average Bonchev–Trinajstić information content (AvgIpc) is 3.00. The van der Waals surface area contributed by atoms with Crippen LogP contribution in [0.25, 0.3) is 0 Å². The minimum Gasteiger partial charge on any atom is -0.382 e. The Kier molecular flexibility index (Phi) is 8.34. The zero-order chi connectivity index (χ0) is 30.8. The third-order valence-electron chi connectivity index (χ3n) is 7.59. The predicted molar refractivity (Wildman–Crippen MR) is 147 cm³/mol. The molecule has 0 aliphatic carbocycles. The molecule has 5 rings (SSSR count). The maximum Gasteiger partial charge on any atom is 0.418 e. The summed E-state index contributed by atoms with van der Waals surface area (Å²) >= 11 is 0. The second kappa shape index (κ2) is 12.0. The molecule has 8 nitrogen and oxygen atoms in total. The molecular weight excluding hydrogens is 576 g/mol. The number of alkyl halides is 6. The van der Waals surface area contributed by atoms with Crippen molar-refractivity contribution in [2.45, 2.75) is 31.2 Å². The highest BCUT2D eigenvalue weighted by Crippen LogP contribution is 2.36. The number of hydrogen-bond donors (Lipinski definition) is 1. The molecule has 1 N–H and O–H groups in total. The van der Waals surface area contributed by atoms with E-state index in [4.69, 9.17) is 5.26 Å². The van der Waals surface area contributed by atoms with Crippen LogP contribution in [0.5, 0.6) is 0 Å². The van der Waals surface area contributed by atoms with Crippen molar-refractivity contribution in [2.75, 3.05) is 54.4 Å². The van der Waals surface area contributed by atoms with Gasteiger partial charge in [0.15, 0.2) is 0 Å². The second-order valence-electron chi connectivity index (χ2n) is 10.4. The number of hydrogen-bond acceptors (Lipinski definition) is 7. The fourth-order valence-electron chi connectivity index (χ4n) is 5.23. The number of rotatable bonds is 5. The van der Waals surface area contributed by atoms with Gasteiger partial charge in [0.05, 0.1) is 22.8 Å². The van der Waals surface area contributed by atoms with Gasteiger partial charge in [0.25, 0.3) is 5.91 Å².